The molecule has 2 rings (SSSR count). The number of ether oxygens (including phenoxy) is 1. The third-order valence-corrected chi connectivity index (χ3v) is 2.82. The quantitative estimate of drug-likeness (QED) is 0.858. The largest absolute Gasteiger partial charge is 0.506 e. The van der Waals surface area contributed by atoms with E-state index in [1.54, 1.807) is 31.4 Å². The number of hydrogen-bond donors (Lipinski definition) is 1. The van der Waals surface area contributed by atoms with Crippen molar-refractivity contribution < 1.29 is 9.84 Å². The van der Waals surface area contributed by atoms with Crippen LogP contribution in [0.25, 0.3) is 0 Å². The monoisotopic (exact) mass is 271 g/mol. The zero-order chi connectivity index (χ0) is 14.5. The molecule has 0 saturated heterocycles. The first-order chi connectivity index (χ1) is 9.60. The van der Waals surface area contributed by atoms with Crippen molar-refractivity contribution in [2.75, 3.05) is 26.1 Å². The van der Waals surface area contributed by atoms with Crippen LogP contribution < -0.4 is 9.64 Å². The zero-order valence-corrected chi connectivity index (χ0v) is 11.7. The molecule has 2 aromatic carbocycles. The Hall–Kier alpha value is -2.56. The van der Waals surface area contributed by atoms with Gasteiger partial charge in [-0.25, -0.2) is 0 Å². The van der Waals surface area contributed by atoms with Gasteiger partial charge in [-0.15, -0.1) is 5.11 Å². The summed E-state index contributed by atoms with van der Waals surface area (Å²) in [5.41, 5.74) is 2.04. The van der Waals surface area contributed by atoms with Gasteiger partial charge in [0.15, 0.2) is 0 Å². The molecular weight excluding hydrogens is 254 g/mol. The van der Waals surface area contributed by atoms with Crippen LogP contribution in [-0.2, 0) is 0 Å². The summed E-state index contributed by atoms with van der Waals surface area (Å²) in [6, 6.07) is 12.5. The maximum absolute atomic E-state index is 9.90. The minimum Gasteiger partial charge on any atom is -0.506 e. The van der Waals surface area contributed by atoms with Gasteiger partial charge in [-0.2, -0.15) is 5.11 Å². The fourth-order valence-corrected chi connectivity index (χ4v) is 1.64. The molecule has 0 atom stereocenters. The molecule has 0 bridgehead atoms. The SMILES string of the molecule is COc1ccc(N=Nc2ccc(N(C)C)cc2O)cc1. The summed E-state index contributed by atoms with van der Waals surface area (Å²) in [6.45, 7) is 0. The summed E-state index contributed by atoms with van der Waals surface area (Å²) < 4.78 is 5.07. The molecule has 0 fully saturated rings. The van der Waals surface area contributed by atoms with E-state index in [2.05, 4.69) is 10.2 Å². The molecule has 0 aliphatic carbocycles. The third kappa shape index (κ3) is 3.26. The van der Waals surface area contributed by atoms with E-state index in [-0.39, 0.29) is 5.75 Å². The number of nitrogens with zero attached hydrogens (tertiary/aromatic N) is 3. The molecule has 0 saturated carbocycles. The Bertz CT molecular complexity index is 607. The summed E-state index contributed by atoms with van der Waals surface area (Å²) in [7, 11) is 5.43. The average molecular weight is 271 g/mol. The maximum atomic E-state index is 9.90. The predicted octanol–water partition coefficient (Wildman–Crippen LogP) is 3.88. The number of azo groups is 1. The van der Waals surface area contributed by atoms with E-state index in [9.17, 15) is 5.11 Å². The van der Waals surface area contributed by atoms with E-state index in [1.165, 1.54) is 0 Å². The molecule has 1 N–H and O–H groups in total. The zero-order valence-electron chi connectivity index (χ0n) is 11.7. The second-order valence-electron chi connectivity index (χ2n) is 4.47. The Morgan fingerprint density at radius 1 is 1.00 bits per heavy atom. The van der Waals surface area contributed by atoms with Crippen LogP contribution in [0.5, 0.6) is 11.5 Å². The number of rotatable bonds is 4. The summed E-state index contributed by atoms with van der Waals surface area (Å²) >= 11 is 0. The minimum atomic E-state index is 0.105. The van der Waals surface area contributed by atoms with Gasteiger partial charge in [0.25, 0.3) is 0 Å². The van der Waals surface area contributed by atoms with E-state index >= 15 is 0 Å². The van der Waals surface area contributed by atoms with Crippen molar-refractivity contribution in [3.05, 3.63) is 42.5 Å². The number of aromatic hydroxyl groups is 1. The van der Waals surface area contributed by atoms with E-state index in [0.717, 1.165) is 11.4 Å². The smallest absolute Gasteiger partial charge is 0.145 e. The van der Waals surface area contributed by atoms with Crippen molar-refractivity contribution in [1.82, 2.24) is 0 Å². The van der Waals surface area contributed by atoms with E-state index in [1.807, 2.05) is 37.2 Å². The number of phenolic OH excluding ortho intramolecular Hbond substituents is 1. The number of methoxy groups -OCH3 is 1. The Morgan fingerprint density at radius 3 is 2.25 bits per heavy atom. The van der Waals surface area contributed by atoms with Gasteiger partial charge in [0.2, 0.25) is 0 Å². The van der Waals surface area contributed by atoms with E-state index < -0.39 is 0 Å². The lowest BCUT2D eigenvalue weighted by Crippen LogP contribution is -2.07. The van der Waals surface area contributed by atoms with Crippen LogP contribution in [0.2, 0.25) is 0 Å². The van der Waals surface area contributed by atoms with Crippen LogP contribution in [0.4, 0.5) is 17.1 Å². The first-order valence-corrected chi connectivity index (χ1v) is 6.16. The fourth-order valence-electron chi connectivity index (χ4n) is 1.64. The third-order valence-electron chi connectivity index (χ3n) is 2.82. The van der Waals surface area contributed by atoms with Gasteiger partial charge in [-0.1, -0.05) is 0 Å². The van der Waals surface area contributed by atoms with Gasteiger partial charge in [-0.3, -0.25) is 0 Å². The van der Waals surface area contributed by atoms with Gasteiger partial charge in [0, 0.05) is 25.8 Å². The van der Waals surface area contributed by atoms with Gasteiger partial charge < -0.3 is 14.7 Å². The molecule has 0 radical (unpaired) electrons. The molecule has 5 heteroatoms. The average Bonchev–Trinajstić information content (AvgIpc) is 2.46. The number of benzene rings is 2. The number of phenols is 1. The standard InChI is InChI=1S/C15H17N3O2/c1-18(2)12-6-9-14(15(19)10-12)17-16-11-4-7-13(20-3)8-5-11/h4-10,19H,1-3H3. The lowest BCUT2D eigenvalue weighted by atomic mass is 10.2. The second kappa shape index (κ2) is 6.06. The van der Waals surface area contributed by atoms with Crippen molar-refractivity contribution in [2.45, 2.75) is 0 Å². The van der Waals surface area contributed by atoms with E-state index in [0.29, 0.717) is 11.4 Å². The second-order valence-corrected chi connectivity index (χ2v) is 4.47. The van der Waals surface area contributed by atoms with Crippen molar-refractivity contribution >= 4 is 17.1 Å². The topological polar surface area (TPSA) is 57.4 Å². The highest BCUT2D eigenvalue weighted by molar-refractivity contribution is 5.60. The fraction of sp³-hybridized carbons (Fsp3) is 0.200. The molecule has 0 heterocycles. The Balaban J connectivity index is 2.18. The van der Waals surface area contributed by atoms with Crippen LogP contribution in [0.1, 0.15) is 0 Å². The van der Waals surface area contributed by atoms with Crippen LogP contribution in [-0.4, -0.2) is 26.3 Å². The Morgan fingerprint density at radius 2 is 1.70 bits per heavy atom. The summed E-state index contributed by atoms with van der Waals surface area (Å²) in [5, 5.41) is 18.0. The van der Waals surface area contributed by atoms with Crippen molar-refractivity contribution in [2.24, 2.45) is 10.2 Å². The van der Waals surface area contributed by atoms with Crippen molar-refractivity contribution in [3.63, 3.8) is 0 Å². The molecule has 20 heavy (non-hydrogen) atoms. The van der Waals surface area contributed by atoms with E-state index in [4.69, 9.17) is 4.74 Å². The molecule has 0 aliphatic heterocycles. The molecule has 0 amide bonds. The highest BCUT2D eigenvalue weighted by atomic mass is 16.5. The van der Waals surface area contributed by atoms with Crippen LogP contribution in [0.15, 0.2) is 52.7 Å². The van der Waals surface area contributed by atoms with Crippen LogP contribution >= 0.6 is 0 Å². The lowest BCUT2D eigenvalue weighted by molar-refractivity contribution is 0.415. The predicted molar refractivity (Wildman–Crippen MR) is 79.6 cm³/mol. The first kappa shape index (κ1) is 13.9. The van der Waals surface area contributed by atoms with Gasteiger partial charge in [-0.05, 0) is 36.4 Å². The normalized spacial score (nSPS) is 10.8. The van der Waals surface area contributed by atoms with Crippen LogP contribution in [0, 0.1) is 0 Å². The van der Waals surface area contributed by atoms with Crippen molar-refractivity contribution in [3.8, 4) is 11.5 Å². The molecule has 0 unspecified atom stereocenters. The van der Waals surface area contributed by atoms with Gasteiger partial charge in [0.1, 0.15) is 17.2 Å². The molecule has 5 nitrogen and oxygen atoms in total. The molecule has 0 aliphatic rings. The first-order valence-electron chi connectivity index (χ1n) is 6.16. The van der Waals surface area contributed by atoms with Crippen LogP contribution in [0.3, 0.4) is 0 Å². The summed E-state index contributed by atoms with van der Waals surface area (Å²) in [6.07, 6.45) is 0. The lowest BCUT2D eigenvalue weighted by Gasteiger charge is -2.12. The minimum absolute atomic E-state index is 0.105. The highest BCUT2D eigenvalue weighted by Crippen LogP contribution is 2.31. The summed E-state index contributed by atoms with van der Waals surface area (Å²) in [5.74, 6) is 0.871. The molecular formula is C15H17N3O2. The highest BCUT2D eigenvalue weighted by Gasteiger charge is 2.03. The van der Waals surface area contributed by atoms with Gasteiger partial charge >= 0.3 is 0 Å². The number of hydrogen-bond acceptors (Lipinski definition) is 5. The molecule has 2 aromatic rings. The molecule has 0 aromatic heterocycles. The Kier molecular flexibility index (Phi) is 4.20. The number of anilines is 1. The maximum Gasteiger partial charge on any atom is 0.145 e. The molecule has 0 spiro atoms. The Labute approximate surface area is 118 Å². The van der Waals surface area contributed by atoms with Crippen molar-refractivity contribution in [1.29, 1.82) is 0 Å². The summed E-state index contributed by atoms with van der Waals surface area (Å²) in [4.78, 5) is 1.91. The van der Waals surface area contributed by atoms with Gasteiger partial charge in [0.05, 0.1) is 12.8 Å². The molecule has 104 valence electrons.